The predicted molar refractivity (Wildman–Crippen MR) is 41.5 cm³/mol. The van der Waals surface area contributed by atoms with Gasteiger partial charge >= 0.3 is 0 Å². The van der Waals surface area contributed by atoms with Gasteiger partial charge in [-0.25, -0.2) is 0 Å². The second-order valence-corrected chi connectivity index (χ2v) is 1.58. The van der Waals surface area contributed by atoms with Crippen LogP contribution in [-0.4, -0.2) is 13.3 Å². The molecule has 0 atom stereocenters. The summed E-state index contributed by atoms with van der Waals surface area (Å²) in [5.41, 5.74) is 1.08. The topological polar surface area (TPSA) is 24.4 Å². The average molecular weight is 124 g/mol. The van der Waals surface area contributed by atoms with Crippen LogP contribution in [0.25, 0.3) is 0 Å². The van der Waals surface area contributed by atoms with Gasteiger partial charge in [-0.2, -0.15) is 0 Å². The highest BCUT2D eigenvalue weighted by Crippen LogP contribution is 1.79. The smallest absolute Gasteiger partial charge is 0.0284 e. The van der Waals surface area contributed by atoms with Crippen molar-refractivity contribution in [2.45, 2.75) is 6.92 Å². The van der Waals surface area contributed by atoms with Gasteiger partial charge in [0, 0.05) is 25.2 Å². The third kappa shape index (κ3) is 4.81. The Morgan fingerprint density at radius 2 is 2.33 bits per heavy atom. The lowest BCUT2D eigenvalue weighted by Crippen LogP contribution is -2.00. The van der Waals surface area contributed by atoms with Crippen molar-refractivity contribution in [1.82, 2.24) is 5.32 Å². The van der Waals surface area contributed by atoms with Crippen molar-refractivity contribution in [2.75, 3.05) is 7.05 Å². The molecule has 0 unspecified atom stereocenters. The van der Waals surface area contributed by atoms with Crippen molar-refractivity contribution >= 4 is 6.21 Å². The van der Waals surface area contributed by atoms with Crippen LogP contribution >= 0.6 is 0 Å². The van der Waals surface area contributed by atoms with Crippen molar-refractivity contribution in [3.63, 3.8) is 0 Å². The van der Waals surface area contributed by atoms with Crippen molar-refractivity contribution in [2.24, 2.45) is 4.99 Å². The maximum absolute atomic E-state index is 3.78. The molecule has 0 radical (unpaired) electrons. The molecule has 0 heterocycles. The summed E-state index contributed by atoms with van der Waals surface area (Å²) < 4.78 is 0. The van der Waals surface area contributed by atoms with Crippen molar-refractivity contribution in [1.29, 1.82) is 0 Å². The van der Waals surface area contributed by atoms with E-state index >= 15 is 0 Å². The van der Waals surface area contributed by atoms with Crippen LogP contribution in [-0.2, 0) is 0 Å². The highest BCUT2D eigenvalue weighted by Gasteiger charge is 1.73. The fourth-order valence-electron chi connectivity index (χ4n) is 0.299. The Kier molecular flexibility index (Phi) is 4.50. The van der Waals surface area contributed by atoms with Crippen LogP contribution in [0, 0.1) is 0 Å². The third-order valence-electron chi connectivity index (χ3n) is 0.910. The zero-order valence-electron chi connectivity index (χ0n) is 5.89. The highest BCUT2D eigenvalue weighted by molar-refractivity contribution is 5.72. The van der Waals surface area contributed by atoms with E-state index in [4.69, 9.17) is 0 Å². The van der Waals surface area contributed by atoms with Crippen LogP contribution in [0.3, 0.4) is 0 Å². The molecule has 2 heteroatoms. The minimum atomic E-state index is 1.08. The molecular weight excluding hydrogens is 112 g/mol. The molecule has 0 aromatic heterocycles. The second-order valence-electron chi connectivity index (χ2n) is 1.58. The molecule has 0 rings (SSSR count). The monoisotopic (exact) mass is 124 g/mol. The van der Waals surface area contributed by atoms with E-state index in [1.54, 1.807) is 6.21 Å². The van der Waals surface area contributed by atoms with Crippen molar-refractivity contribution in [3.05, 3.63) is 24.6 Å². The molecule has 2 nitrogen and oxygen atoms in total. The molecule has 9 heavy (non-hydrogen) atoms. The molecule has 0 aliphatic heterocycles. The van der Waals surface area contributed by atoms with Gasteiger partial charge in [-0.05, 0) is 13.0 Å². The summed E-state index contributed by atoms with van der Waals surface area (Å²) in [7, 11) is 1.87. The Hall–Kier alpha value is -1.05. The van der Waals surface area contributed by atoms with E-state index in [1.165, 1.54) is 6.20 Å². The van der Waals surface area contributed by atoms with Gasteiger partial charge in [0.05, 0.1) is 0 Å². The maximum atomic E-state index is 3.78. The first-order valence-corrected chi connectivity index (χ1v) is 2.80. The SMILES string of the molecule is C=CN=C/C=C(/C)NC. The minimum absolute atomic E-state index is 1.08. The van der Waals surface area contributed by atoms with Crippen LogP contribution < -0.4 is 5.32 Å². The number of rotatable bonds is 3. The molecule has 50 valence electrons. The molecule has 0 saturated carbocycles. The van der Waals surface area contributed by atoms with Gasteiger partial charge in [-0.3, -0.25) is 4.99 Å². The first kappa shape index (κ1) is 7.95. The molecule has 0 amide bonds. The number of hydrogen-bond donors (Lipinski definition) is 1. The Labute approximate surface area is 56.0 Å². The summed E-state index contributed by atoms with van der Waals surface area (Å²) in [4.78, 5) is 3.78. The van der Waals surface area contributed by atoms with Gasteiger partial charge in [-0.15, -0.1) is 0 Å². The largest absolute Gasteiger partial charge is 0.392 e. The standard InChI is InChI=1S/C7H12N2/c1-4-9-6-5-7(2)8-3/h4-6,8H,1H2,2-3H3/b7-5-,9-6?. The lowest BCUT2D eigenvalue weighted by atomic mass is 10.4. The molecule has 0 saturated heterocycles. The lowest BCUT2D eigenvalue weighted by molar-refractivity contribution is 0.994. The van der Waals surface area contributed by atoms with E-state index in [2.05, 4.69) is 16.9 Å². The van der Waals surface area contributed by atoms with E-state index in [9.17, 15) is 0 Å². The minimum Gasteiger partial charge on any atom is -0.392 e. The molecular formula is C7H12N2. The van der Waals surface area contributed by atoms with Crippen LogP contribution in [0.5, 0.6) is 0 Å². The number of nitrogens with one attached hydrogen (secondary N) is 1. The number of hydrogen-bond acceptors (Lipinski definition) is 2. The van der Waals surface area contributed by atoms with Crippen molar-refractivity contribution < 1.29 is 0 Å². The Morgan fingerprint density at radius 3 is 2.78 bits per heavy atom. The molecule has 0 spiro atoms. The van der Waals surface area contributed by atoms with Gasteiger partial charge in [-0.1, -0.05) is 6.58 Å². The van der Waals surface area contributed by atoms with Gasteiger partial charge in [0.1, 0.15) is 0 Å². The Morgan fingerprint density at radius 1 is 1.67 bits per heavy atom. The Balaban J connectivity index is 3.67. The van der Waals surface area contributed by atoms with Gasteiger partial charge < -0.3 is 5.32 Å². The molecule has 1 N–H and O–H groups in total. The first-order chi connectivity index (χ1) is 4.31. The molecule has 0 aliphatic carbocycles. The number of aliphatic imine (C=N–C) groups is 1. The summed E-state index contributed by atoms with van der Waals surface area (Å²) in [6, 6.07) is 0. The quantitative estimate of drug-likeness (QED) is 0.564. The molecule has 0 fully saturated rings. The van der Waals surface area contributed by atoms with Crippen molar-refractivity contribution in [3.8, 4) is 0 Å². The van der Waals surface area contributed by atoms with Gasteiger partial charge in [0.15, 0.2) is 0 Å². The first-order valence-electron chi connectivity index (χ1n) is 2.80. The summed E-state index contributed by atoms with van der Waals surface area (Å²) in [6.07, 6.45) is 5.07. The van der Waals surface area contributed by atoms with E-state index in [-0.39, 0.29) is 0 Å². The zero-order chi connectivity index (χ0) is 7.11. The normalized spacial score (nSPS) is 12.0. The number of allylic oxidation sites excluding steroid dienone is 2. The average Bonchev–Trinajstić information content (AvgIpc) is 1.89. The summed E-state index contributed by atoms with van der Waals surface area (Å²) in [5, 5.41) is 2.96. The highest BCUT2D eigenvalue weighted by atomic mass is 14.8. The number of nitrogens with zero attached hydrogens (tertiary/aromatic N) is 1. The molecule has 0 bridgehead atoms. The molecule has 0 aliphatic rings. The summed E-state index contributed by atoms with van der Waals surface area (Å²) in [5.74, 6) is 0. The Bertz CT molecular complexity index is 134. The molecule has 0 aromatic rings. The zero-order valence-corrected chi connectivity index (χ0v) is 5.89. The second kappa shape index (κ2) is 5.09. The predicted octanol–water partition coefficient (Wildman–Crippen LogP) is 1.32. The molecule has 0 aromatic carbocycles. The maximum Gasteiger partial charge on any atom is 0.0284 e. The fourth-order valence-corrected chi connectivity index (χ4v) is 0.299. The van der Waals surface area contributed by atoms with E-state index in [0.29, 0.717) is 0 Å². The van der Waals surface area contributed by atoms with E-state index in [0.717, 1.165) is 5.70 Å². The fraction of sp³-hybridized carbons (Fsp3) is 0.286. The van der Waals surface area contributed by atoms with Crippen LogP contribution in [0.15, 0.2) is 29.5 Å². The summed E-state index contributed by atoms with van der Waals surface area (Å²) in [6.45, 7) is 5.40. The van der Waals surface area contributed by atoms with Crippen LogP contribution in [0.1, 0.15) is 6.92 Å². The van der Waals surface area contributed by atoms with Crippen LogP contribution in [0.4, 0.5) is 0 Å². The lowest BCUT2D eigenvalue weighted by Gasteiger charge is -1.92. The van der Waals surface area contributed by atoms with Gasteiger partial charge in [0.2, 0.25) is 0 Å². The van der Waals surface area contributed by atoms with Crippen LogP contribution in [0.2, 0.25) is 0 Å². The van der Waals surface area contributed by atoms with Gasteiger partial charge in [0.25, 0.3) is 0 Å². The third-order valence-corrected chi connectivity index (χ3v) is 0.910. The van der Waals surface area contributed by atoms with E-state index in [1.807, 2.05) is 20.0 Å². The summed E-state index contributed by atoms with van der Waals surface area (Å²) >= 11 is 0. The van der Waals surface area contributed by atoms with E-state index < -0.39 is 0 Å².